The molecule has 0 radical (unpaired) electrons. The molecule has 3 aromatic rings. The maximum absolute atomic E-state index is 12.4. The highest BCUT2D eigenvalue weighted by atomic mass is 35.5. The quantitative estimate of drug-likeness (QED) is 0.677. The van der Waals surface area contributed by atoms with Gasteiger partial charge in [0.1, 0.15) is 5.69 Å². The third-order valence-corrected chi connectivity index (χ3v) is 4.90. The van der Waals surface area contributed by atoms with E-state index in [2.05, 4.69) is 17.1 Å². The predicted octanol–water partition coefficient (Wildman–Crippen LogP) is 4.89. The van der Waals surface area contributed by atoms with Crippen LogP contribution < -0.4 is 0 Å². The Labute approximate surface area is 145 Å². The average Bonchev–Trinajstić information content (AvgIpc) is 3.01. The summed E-state index contributed by atoms with van der Waals surface area (Å²) >= 11 is 6.41. The second-order valence-electron chi connectivity index (χ2n) is 5.86. The standard InChI is InChI=1S/C20H16ClNO2/c1-24-20(23)19-17(14-8-4-5-9-16(14)21)15-11-10-12-6-2-3-7-13(12)18(15)22-19/h2-9,22H,10-11H2,1H3. The second-order valence-corrected chi connectivity index (χ2v) is 6.26. The molecule has 1 aromatic heterocycles. The Morgan fingerprint density at radius 3 is 2.50 bits per heavy atom. The lowest BCUT2D eigenvalue weighted by atomic mass is 9.87. The summed E-state index contributed by atoms with van der Waals surface area (Å²) in [7, 11) is 1.40. The van der Waals surface area contributed by atoms with Crippen molar-refractivity contribution in [3.8, 4) is 22.4 Å². The van der Waals surface area contributed by atoms with Crippen LogP contribution in [0, 0.1) is 0 Å². The van der Waals surface area contributed by atoms with E-state index in [0.717, 1.165) is 40.8 Å². The number of hydrogen-bond donors (Lipinski definition) is 1. The van der Waals surface area contributed by atoms with Crippen molar-refractivity contribution >= 4 is 17.6 Å². The normalized spacial score (nSPS) is 12.4. The molecule has 120 valence electrons. The lowest BCUT2D eigenvalue weighted by Crippen LogP contribution is -2.04. The van der Waals surface area contributed by atoms with Crippen molar-refractivity contribution in [1.82, 2.24) is 4.98 Å². The van der Waals surface area contributed by atoms with Gasteiger partial charge >= 0.3 is 5.97 Å². The zero-order valence-corrected chi connectivity index (χ0v) is 14.0. The molecule has 0 atom stereocenters. The molecular weight excluding hydrogens is 322 g/mol. The van der Waals surface area contributed by atoms with Crippen LogP contribution in [0.25, 0.3) is 22.4 Å². The van der Waals surface area contributed by atoms with Crippen LogP contribution in [0.4, 0.5) is 0 Å². The maximum atomic E-state index is 12.4. The first kappa shape index (κ1) is 15.0. The highest BCUT2D eigenvalue weighted by molar-refractivity contribution is 6.33. The van der Waals surface area contributed by atoms with Crippen molar-refractivity contribution in [2.24, 2.45) is 0 Å². The molecule has 1 aliphatic rings. The SMILES string of the molecule is COC(=O)c1[nH]c2c(c1-c1ccccc1Cl)CCc1ccccc1-2. The number of esters is 1. The van der Waals surface area contributed by atoms with E-state index in [9.17, 15) is 4.79 Å². The molecule has 0 spiro atoms. The van der Waals surface area contributed by atoms with Crippen LogP contribution in [0.3, 0.4) is 0 Å². The molecule has 0 unspecified atom stereocenters. The molecule has 4 heteroatoms. The van der Waals surface area contributed by atoms with Gasteiger partial charge in [-0.1, -0.05) is 54.1 Å². The summed E-state index contributed by atoms with van der Waals surface area (Å²) in [6.07, 6.45) is 1.81. The van der Waals surface area contributed by atoms with Crippen molar-refractivity contribution in [3.05, 3.63) is 70.4 Å². The summed E-state index contributed by atoms with van der Waals surface area (Å²) in [6, 6.07) is 15.9. The Morgan fingerprint density at radius 1 is 1.04 bits per heavy atom. The number of aromatic nitrogens is 1. The molecule has 24 heavy (non-hydrogen) atoms. The first-order valence-corrected chi connectivity index (χ1v) is 8.25. The van der Waals surface area contributed by atoms with Gasteiger partial charge in [0.15, 0.2) is 0 Å². The first-order chi connectivity index (χ1) is 11.7. The van der Waals surface area contributed by atoms with Gasteiger partial charge in [-0.25, -0.2) is 4.79 Å². The summed E-state index contributed by atoms with van der Waals surface area (Å²) in [4.78, 5) is 15.7. The Morgan fingerprint density at radius 2 is 1.75 bits per heavy atom. The van der Waals surface area contributed by atoms with Crippen LogP contribution in [0.1, 0.15) is 21.6 Å². The van der Waals surface area contributed by atoms with Crippen LogP contribution in [-0.2, 0) is 17.6 Å². The van der Waals surface area contributed by atoms with Crippen LogP contribution >= 0.6 is 11.6 Å². The van der Waals surface area contributed by atoms with Crippen LogP contribution in [0.15, 0.2) is 48.5 Å². The molecule has 0 amide bonds. The molecule has 2 aromatic carbocycles. The van der Waals surface area contributed by atoms with E-state index < -0.39 is 0 Å². The van der Waals surface area contributed by atoms with Crippen molar-refractivity contribution in [3.63, 3.8) is 0 Å². The molecule has 1 N–H and O–H groups in total. The molecule has 3 nitrogen and oxygen atoms in total. The first-order valence-electron chi connectivity index (χ1n) is 7.87. The smallest absolute Gasteiger partial charge is 0.355 e. The molecule has 1 aliphatic carbocycles. The summed E-state index contributed by atoms with van der Waals surface area (Å²) in [5, 5.41) is 0.628. The molecule has 0 aliphatic heterocycles. The number of benzene rings is 2. The molecule has 0 saturated heterocycles. The number of H-pyrrole nitrogens is 1. The van der Waals surface area contributed by atoms with Gasteiger partial charge in [-0.05, 0) is 30.0 Å². The molecule has 0 bridgehead atoms. The van der Waals surface area contributed by atoms with Crippen LogP contribution in [0.5, 0.6) is 0 Å². The van der Waals surface area contributed by atoms with Gasteiger partial charge in [0.2, 0.25) is 0 Å². The van der Waals surface area contributed by atoms with E-state index in [1.54, 1.807) is 0 Å². The Kier molecular flexibility index (Phi) is 3.66. The van der Waals surface area contributed by atoms with E-state index in [1.807, 2.05) is 36.4 Å². The average molecular weight is 338 g/mol. The third kappa shape index (κ3) is 2.24. The van der Waals surface area contributed by atoms with Gasteiger partial charge in [-0.3, -0.25) is 0 Å². The molecular formula is C20H16ClNO2. The molecule has 0 saturated carbocycles. The lowest BCUT2D eigenvalue weighted by Gasteiger charge is -2.17. The lowest BCUT2D eigenvalue weighted by molar-refractivity contribution is 0.0596. The molecule has 4 rings (SSSR count). The topological polar surface area (TPSA) is 42.1 Å². The van der Waals surface area contributed by atoms with Crippen molar-refractivity contribution < 1.29 is 9.53 Å². The third-order valence-electron chi connectivity index (χ3n) is 4.57. The Hall–Kier alpha value is -2.52. The number of ether oxygens (including phenoxy) is 1. The number of aromatic amines is 1. The van der Waals surface area contributed by atoms with E-state index in [4.69, 9.17) is 16.3 Å². The number of carbonyl (C=O) groups excluding carboxylic acids is 1. The van der Waals surface area contributed by atoms with E-state index in [-0.39, 0.29) is 5.97 Å². The van der Waals surface area contributed by atoms with Crippen molar-refractivity contribution in [2.75, 3.05) is 7.11 Å². The molecule has 1 heterocycles. The summed E-state index contributed by atoms with van der Waals surface area (Å²) in [6.45, 7) is 0. The van der Waals surface area contributed by atoms with Gasteiger partial charge in [-0.15, -0.1) is 0 Å². The maximum Gasteiger partial charge on any atom is 0.355 e. The van der Waals surface area contributed by atoms with Gasteiger partial charge in [0.25, 0.3) is 0 Å². The zero-order chi connectivity index (χ0) is 16.7. The predicted molar refractivity (Wildman–Crippen MR) is 95.4 cm³/mol. The van der Waals surface area contributed by atoms with Gasteiger partial charge < -0.3 is 9.72 Å². The summed E-state index contributed by atoms with van der Waals surface area (Å²) < 4.78 is 4.99. The fourth-order valence-corrected chi connectivity index (χ4v) is 3.71. The van der Waals surface area contributed by atoms with Gasteiger partial charge in [-0.2, -0.15) is 0 Å². The van der Waals surface area contributed by atoms with Gasteiger partial charge in [0, 0.05) is 21.7 Å². The monoisotopic (exact) mass is 337 g/mol. The van der Waals surface area contributed by atoms with Crippen LogP contribution in [0.2, 0.25) is 5.02 Å². The summed E-state index contributed by atoms with van der Waals surface area (Å²) in [5.41, 5.74) is 6.73. The number of aryl methyl sites for hydroxylation is 1. The second kappa shape index (κ2) is 5.84. The minimum Gasteiger partial charge on any atom is -0.464 e. The highest BCUT2D eigenvalue weighted by Crippen LogP contribution is 2.42. The number of fused-ring (bicyclic) bond motifs is 3. The minimum absolute atomic E-state index is 0.378. The number of rotatable bonds is 2. The van der Waals surface area contributed by atoms with Gasteiger partial charge in [0.05, 0.1) is 12.8 Å². The number of hydrogen-bond acceptors (Lipinski definition) is 2. The van der Waals surface area contributed by atoms with Crippen molar-refractivity contribution in [1.29, 1.82) is 0 Å². The largest absolute Gasteiger partial charge is 0.464 e. The van der Waals surface area contributed by atoms with Crippen molar-refractivity contribution in [2.45, 2.75) is 12.8 Å². The zero-order valence-electron chi connectivity index (χ0n) is 13.2. The molecule has 0 fully saturated rings. The van der Waals surface area contributed by atoms with E-state index >= 15 is 0 Å². The number of nitrogens with one attached hydrogen (secondary N) is 1. The number of methoxy groups -OCH3 is 1. The van der Waals surface area contributed by atoms with Crippen LogP contribution in [-0.4, -0.2) is 18.1 Å². The fraction of sp³-hybridized carbons (Fsp3) is 0.150. The van der Waals surface area contributed by atoms with E-state index in [1.165, 1.54) is 12.7 Å². The number of halogens is 1. The van der Waals surface area contributed by atoms with E-state index in [0.29, 0.717) is 10.7 Å². The number of carbonyl (C=O) groups is 1. The Balaban J connectivity index is 2.02. The summed E-state index contributed by atoms with van der Waals surface area (Å²) in [5.74, 6) is -0.378. The fourth-order valence-electron chi connectivity index (χ4n) is 3.48. The highest BCUT2D eigenvalue weighted by Gasteiger charge is 2.28. The Bertz CT molecular complexity index is 943. The minimum atomic E-state index is -0.378.